The average molecular weight is 302 g/mol. The number of nitrogen functional groups attached to an aromatic ring is 1. The maximum absolute atomic E-state index is 12.9. The molecule has 3 nitrogen and oxygen atoms in total. The third kappa shape index (κ3) is 2.95. The number of thiophene rings is 1. The summed E-state index contributed by atoms with van der Waals surface area (Å²) in [4.78, 5) is 15.3. The molecule has 2 N–H and O–H groups in total. The standard InChI is InChI=1S/C17H22N2OS/c1-6-9-19(17(3,4)5)16(20)15-14(18)12-10-11(2)7-8-13(12)21-15/h6-8,10H,1,9,18H2,2-5H3. The summed E-state index contributed by atoms with van der Waals surface area (Å²) in [6.07, 6.45) is 1.75. The maximum Gasteiger partial charge on any atom is 0.266 e. The summed E-state index contributed by atoms with van der Waals surface area (Å²) in [5.74, 6) is -0.0289. The van der Waals surface area contributed by atoms with Crippen molar-refractivity contribution in [3.63, 3.8) is 0 Å². The van der Waals surface area contributed by atoms with Gasteiger partial charge >= 0.3 is 0 Å². The van der Waals surface area contributed by atoms with Crippen molar-refractivity contribution in [3.8, 4) is 0 Å². The summed E-state index contributed by atoms with van der Waals surface area (Å²) < 4.78 is 1.05. The first kappa shape index (κ1) is 15.6. The summed E-state index contributed by atoms with van der Waals surface area (Å²) >= 11 is 1.46. The number of carbonyl (C=O) groups excluding carboxylic acids is 1. The zero-order chi connectivity index (χ0) is 15.8. The van der Waals surface area contributed by atoms with Gasteiger partial charge in [-0.05, 0) is 39.8 Å². The van der Waals surface area contributed by atoms with E-state index in [-0.39, 0.29) is 11.4 Å². The van der Waals surface area contributed by atoms with Crippen LogP contribution in [0.5, 0.6) is 0 Å². The molecule has 0 bridgehead atoms. The van der Waals surface area contributed by atoms with Gasteiger partial charge in [0.1, 0.15) is 4.88 Å². The zero-order valence-electron chi connectivity index (χ0n) is 13.1. The van der Waals surface area contributed by atoms with Crippen molar-refractivity contribution >= 4 is 33.0 Å². The van der Waals surface area contributed by atoms with E-state index < -0.39 is 0 Å². The molecule has 0 unspecified atom stereocenters. The molecule has 0 aliphatic rings. The van der Waals surface area contributed by atoms with Crippen LogP contribution < -0.4 is 5.73 Å². The van der Waals surface area contributed by atoms with Crippen LogP contribution in [0.1, 0.15) is 36.0 Å². The quantitative estimate of drug-likeness (QED) is 0.863. The number of rotatable bonds is 3. The fraction of sp³-hybridized carbons (Fsp3) is 0.353. The minimum atomic E-state index is -0.274. The average Bonchev–Trinajstić information content (AvgIpc) is 2.71. The Morgan fingerprint density at radius 3 is 2.67 bits per heavy atom. The Morgan fingerprint density at radius 1 is 1.43 bits per heavy atom. The predicted molar refractivity (Wildman–Crippen MR) is 92.0 cm³/mol. The van der Waals surface area contributed by atoms with Crippen LogP contribution in [0.3, 0.4) is 0 Å². The predicted octanol–water partition coefficient (Wildman–Crippen LogP) is 4.22. The molecule has 21 heavy (non-hydrogen) atoms. The normalized spacial score (nSPS) is 11.6. The molecule has 112 valence electrons. The second-order valence-electron chi connectivity index (χ2n) is 6.22. The first-order chi connectivity index (χ1) is 9.75. The van der Waals surface area contributed by atoms with Crippen molar-refractivity contribution < 1.29 is 4.79 Å². The van der Waals surface area contributed by atoms with Gasteiger partial charge in [-0.1, -0.05) is 17.7 Å². The van der Waals surface area contributed by atoms with Gasteiger partial charge in [-0.3, -0.25) is 4.79 Å². The zero-order valence-corrected chi connectivity index (χ0v) is 13.9. The fourth-order valence-corrected chi connectivity index (χ4v) is 3.35. The Kier molecular flexibility index (Phi) is 4.10. The van der Waals surface area contributed by atoms with Gasteiger partial charge in [0.05, 0.1) is 5.69 Å². The minimum Gasteiger partial charge on any atom is -0.397 e. The Hall–Kier alpha value is -1.81. The van der Waals surface area contributed by atoms with Gasteiger partial charge in [0.15, 0.2) is 0 Å². The largest absolute Gasteiger partial charge is 0.397 e. The SMILES string of the molecule is C=CCN(C(=O)c1sc2ccc(C)cc2c1N)C(C)(C)C. The molecular weight excluding hydrogens is 280 g/mol. The third-order valence-electron chi connectivity index (χ3n) is 3.44. The van der Waals surface area contributed by atoms with Crippen molar-refractivity contribution in [1.82, 2.24) is 4.90 Å². The molecule has 2 aromatic rings. The molecule has 1 aromatic carbocycles. The lowest BCUT2D eigenvalue weighted by molar-refractivity contribution is 0.0623. The van der Waals surface area contributed by atoms with Gasteiger partial charge < -0.3 is 10.6 Å². The Morgan fingerprint density at radius 2 is 2.10 bits per heavy atom. The second-order valence-corrected chi connectivity index (χ2v) is 7.27. The molecule has 1 heterocycles. The topological polar surface area (TPSA) is 46.3 Å². The van der Waals surface area contributed by atoms with E-state index in [0.717, 1.165) is 15.6 Å². The van der Waals surface area contributed by atoms with Gasteiger partial charge in [0.2, 0.25) is 0 Å². The van der Waals surface area contributed by atoms with E-state index in [9.17, 15) is 4.79 Å². The Balaban J connectivity index is 2.52. The highest BCUT2D eigenvalue weighted by molar-refractivity contribution is 7.21. The fourth-order valence-electron chi connectivity index (χ4n) is 2.30. The highest BCUT2D eigenvalue weighted by atomic mass is 32.1. The molecule has 0 spiro atoms. The van der Waals surface area contributed by atoms with Gasteiger partial charge in [0.25, 0.3) is 5.91 Å². The molecule has 0 radical (unpaired) electrons. The van der Waals surface area contributed by atoms with Crippen LogP contribution in [0.4, 0.5) is 5.69 Å². The van der Waals surface area contributed by atoms with Gasteiger partial charge in [-0.25, -0.2) is 0 Å². The molecule has 0 fully saturated rings. The van der Waals surface area contributed by atoms with Crippen molar-refractivity contribution in [1.29, 1.82) is 0 Å². The van der Waals surface area contributed by atoms with E-state index in [2.05, 4.69) is 6.58 Å². The van der Waals surface area contributed by atoms with Crippen LogP contribution in [-0.4, -0.2) is 22.9 Å². The molecule has 0 aliphatic heterocycles. The lowest BCUT2D eigenvalue weighted by Gasteiger charge is -2.34. The first-order valence-corrected chi connectivity index (χ1v) is 7.79. The molecule has 0 aliphatic carbocycles. The van der Waals surface area contributed by atoms with E-state index in [1.807, 2.05) is 45.9 Å². The molecule has 2 rings (SSSR count). The molecule has 0 saturated heterocycles. The maximum atomic E-state index is 12.9. The summed E-state index contributed by atoms with van der Waals surface area (Å²) in [5.41, 5.74) is 7.68. The number of hydrogen-bond acceptors (Lipinski definition) is 3. The van der Waals surface area contributed by atoms with Crippen molar-refractivity contribution in [2.24, 2.45) is 0 Å². The van der Waals surface area contributed by atoms with Crippen LogP contribution in [0.15, 0.2) is 30.9 Å². The van der Waals surface area contributed by atoms with Gasteiger partial charge in [-0.2, -0.15) is 0 Å². The van der Waals surface area contributed by atoms with Crippen molar-refractivity contribution in [2.45, 2.75) is 33.2 Å². The molecular formula is C17H22N2OS. The lowest BCUT2D eigenvalue weighted by atomic mass is 10.1. The lowest BCUT2D eigenvalue weighted by Crippen LogP contribution is -2.45. The van der Waals surface area contributed by atoms with Gasteiger partial charge in [-0.15, -0.1) is 17.9 Å². The van der Waals surface area contributed by atoms with Crippen molar-refractivity contribution in [3.05, 3.63) is 41.3 Å². The van der Waals surface area contributed by atoms with Crippen LogP contribution in [0.2, 0.25) is 0 Å². The van der Waals surface area contributed by atoms with Gasteiger partial charge in [0, 0.05) is 22.2 Å². The number of benzene rings is 1. The molecule has 1 amide bonds. The smallest absolute Gasteiger partial charge is 0.266 e. The van der Waals surface area contributed by atoms with E-state index in [1.54, 1.807) is 11.0 Å². The van der Waals surface area contributed by atoms with Crippen LogP contribution >= 0.6 is 11.3 Å². The summed E-state index contributed by atoms with van der Waals surface area (Å²) in [5, 5.41) is 0.968. The number of amides is 1. The Bertz CT molecular complexity index is 695. The van der Waals surface area contributed by atoms with Crippen LogP contribution in [0, 0.1) is 6.92 Å². The monoisotopic (exact) mass is 302 g/mol. The van der Waals surface area contributed by atoms with Crippen LogP contribution in [0.25, 0.3) is 10.1 Å². The number of anilines is 1. The summed E-state index contributed by atoms with van der Waals surface area (Å²) in [6, 6.07) is 6.10. The first-order valence-electron chi connectivity index (χ1n) is 6.97. The number of nitrogens with zero attached hydrogens (tertiary/aromatic N) is 1. The number of fused-ring (bicyclic) bond motifs is 1. The summed E-state index contributed by atoms with van der Waals surface area (Å²) in [7, 11) is 0. The number of carbonyl (C=O) groups is 1. The number of aryl methyl sites for hydroxylation is 1. The van der Waals surface area contributed by atoms with E-state index >= 15 is 0 Å². The van der Waals surface area contributed by atoms with E-state index in [4.69, 9.17) is 5.73 Å². The molecule has 0 saturated carbocycles. The van der Waals surface area contributed by atoms with E-state index in [0.29, 0.717) is 17.1 Å². The minimum absolute atomic E-state index is 0.0289. The molecule has 0 atom stereocenters. The Labute approximate surface area is 130 Å². The molecule has 1 aromatic heterocycles. The third-order valence-corrected chi connectivity index (χ3v) is 4.62. The molecule has 4 heteroatoms. The highest BCUT2D eigenvalue weighted by Gasteiger charge is 2.29. The van der Waals surface area contributed by atoms with E-state index in [1.165, 1.54) is 11.3 Å². The highest BCUT2D eigenvalue weighted by Crippen LogP contribution is 2.36. The number of hydrogen-bond donors (Lipinski definition) is 1. The number of nitrogens with two attached hydrogens (primary N) is 1. The van der Waals surface area contributed by atoms with Crippen LogP contribution in [-0.2, 0) is 0 Å². The summed E-state index contributed by atoms with van der Waals surface area (Å²) in [6.45, 7) is 12.3. The van der Waals surface area contributed by atoms with Crippen molar-refractivity contribution in [2.75, 3.05) is 12.3 Å². The second kappa shape index (κ2) is 5.53.